The summed E-state index contributed by atoms with van der Waals surface area (Å²) < 4.78 is 9.23. The number of nitrogens with one attached hydrogen (secondary N) is 1. The highest BCUT2D eigenvalue weighted by Crippen LogP contribution is 2.38. The smallest absolute Gasteiger partial charge is 0.174 e. The molecule has 148 valence electrons. The Morgan fingerprint density at radius 1 is 1.39 bits per heavy atom. The molecule has 8 heteroatoms. The van der Waals surface area contributed by atoms with Gasteiger partial charge in [-0.05, 0) is 59.3 Å². The van der Waals surface area contributed by atoms with Crippen molar-refractivity contribution in [2.75, 3.05) is 18.9 Å². The number of imidazole rings is 1. The number of nitrogens with zero attached hydrogens (tertiary/aromatic N) is 3. The van der Waals surface area contributed by atoms with Crippen molar-refractivity contribution in [1.82, 2.24) is 19.9 Å². The number of aryl methyl sites for hydroxylation is 1. The largest absolute Gasteiger partial charge is 0.493 e. The third kappa shape index (κ3) is 4.08. The molecule has 6 nitrogen and oxygen atoms in total. The van der Waals surface area contributed by atoms with E-state index in [-0.39, 0.29) is 0 Å². The fourth-order valence-electron chi connectivity index (χ4n) is 3.33. The van der Waals surface area contributed by atoms with Crippen LogP contribution in [0.4, 0.5) is 5.82 Å². The van der Waals surface area contributed by atoms with Gasteiger partial charge in [-0.15, -0.1) is 0 Å². The third-order valence-corrected chi connectivity index (χ3v) is 7.03. The Labute approximate surface area is 182 Å². The first-order valence-corrected chi connectivity index (χ1v) is 11.4. The fraction of sp³-hybridized carbons (Fsp3) is 0.400. The van der Waals surface area contributed by atoms with E-state index in [9.17, 15) is 0 Å². The Balaban J connectivity index is 1.66. The van der Waals surface area contributed by atoms with E-state index in [0.29, 0.717) is 11.9 Å². The summed E-state index contributed by atoms with van der Waals surface area (Å²) >= 11 is 4.07. The molecule has 0 amide bonds. The number of aromatic nitrogens is 3. The van der Waals surface area contributed by atoms with Gasteiger partial charge in [-0.3, -0.25) is 0 Å². The summed E-state index contributed by atoms with van der Waals surface area (Å²) in [6, 6.07) is 6.84. The maximum atomic E-state index is 6.10. The normalized spacial score (nSPS) is 13.3. The Kier molecular flexibility index (Phi) is 5.98. The molecule has 0 atom stereocenters. The molecule has 3 heterocycles. The van der Waals surface area contributed by atoms with Crippen molar-refractivity contribution in [2.24, 2.45) is 0 Å². The molecule has 0 radical (unpaired) electrons. The molecule has 0 fully saturated rings. The van der Waals surface area contributed by atoms with Crippen LogP contribution >= 0.6 is 34.4 Å². The standard InChI is InChI=1S/C20H24IN5OS/c1-12(2)23-6-3-8-26-15-4-7-24-19(22)18(15)25-20(26)28-17-11-16-13(5-9-27-16)10-14(17)21/h4,7,10-12,23H,3,5-6,8-9H2,1-2H3,(H2,22,24)/i21-3. The van der Waals surface area contributed by atoms with Crippen molar-refractivity contribution in [3.63, 3.8) is 0 Å². The summed E-state index contributed by atoms with van der Waals surface area (Å²) in [7, 11) is 0. The van der Waals surface area contributed by atoms with Gasteiger partial charge < -0.3 is 20.4 Å². The van der Waals surface area contributed by atoms with E-state index in [4.69, 9.17) is 15.5 Å². The highest BCUT2D eigenvalue weighted by molar-refractivity contribution is 14.1. The maximum absolute atomic E-state index is 6.10. The lowest BCUT2D eigenvalue weighted by molar-refractivity contribution is 0.356. The van der Waals surface area contributed by atoms with Crippen molar-refractivity contribution >= 4 is 51.2 Å². The molecule has 3 aromatic rings. The van der Waals surface area contributed by atoms with Gasteiger partial charge in [0.15, 0.2) is 11.0 Å². The number of ether oxygens (including phenoxy) is 1. The van der Waals surface area contributed by atoms with E-state index in [1.165, 1.54) is 9.13 Å². The summed E-state index contributed by atoms with van der Waals surface area (Å²) in [4.78, 5) is 10.2. The number of nitrogens with two attached hydrogens (primary N) is 1. The zero-order valence-electron chi connectivity index (χ0n) is 16.0. The lowest BCUT2D eigenvalue weighted by Gasteiger charge is -2.12. The molecule has 0 unspecified atom stereocenters. The van der Waals surface area contributed by atoms with E-state index in [1.807, 2.05) is 6.07 Å². The molecule has 0 spiro atoms. The second-order valence-corrected chi connectivity index (χ2v) is 9.33. The maximum Gasteiger partial charge on any atom is 0.174 e. The summed E-state index contributed by atoms with van der Waals surface area (Å²) in [5.74, 6) is 1.47. The Morgan fingerprint density at radius 2 is 2.25 bits per heavy atom. The fourth-order valence-corrected chi connectivity index (χ4v) is 5.14. The molecule has 1 aliphatic heterocycles. The first-order chi connectivity index (χ1) is 13.5. The molecule has 0 aliphatic carbocycles. The molecular weight excluding hydrogens is 482 g/mol. The molecule has 0 bridgehead atoms. The van der Waals surface area contributed by atoms with Crippen LogP contribution in [0.2, 0.25) is 0 Å². The summed E-state index contributed by atoms with van der Waals surface area (Å²) in [5.41, 5.74) is 9.19. The second-order valence-electron chi connectivity index (χ2n) is 7.16. The van der Waals surface area contributed by atoms with Gasteiger partial charge in [0, 0.05) is 33.7 Å². The van der Waals surface area contributed by atoms with Crippen molar-refractivity contribution in [1.29, 1.82) is 0 Å². The first kappa shape index (κ1) is 19.8. The number of rotatable bonds is 7. The number of benzene rings is 1. The quantitative estimate of drug-likeness (QED) is 0.371. The zero-order chi connectivity index (χ0) is 19.7. The highest BCUT2D eigenvalue weighted by atomic mass is 124. The van der Waals surface area contributed by atoms with Crippen molar-refractivity contribution in [2.45, 2.75) is 49.3 Å². The van der Waals surface area contributed by atoms with Gasteiger partial charge in [-0.1, -0.05) is 25.6 Å². The summed E-state index contributed by atoms with van der Waals surface area (Å²) in [5, 5.41) is 4.42. The number of hydrogen-bond acceptors (Lipinski definition) is 6. The van der Waals surface area contributed by atoms with E-state index in [1.54, 1.807) is 18.0 Å². The molecule has 1 aromatic carbocycles. The van der Waals surface area contributed by atoms with E-state index in [0.717, 1.165) is 59.4 Å². The predicted molar refractivity (Wildman–Crippen MR) is 122 cm³/mol. The van der Waals surface area contributed by atoms with Gasteiger partial charge in [-0.25, -0.2) is 9.97 Å². The molecule has 0 saturated heterocycles. The highest BCUT2D eigenvalue weighted by Gasteiger charge is 2.19. The average Bonchev–Trinajstić information content (AvgIpc) is 3.24. The van der Waals surface area contributed by atoms with Gasteiger partial charge in [0.25, 0.3) is 0 Å². The van der Waals surface area contributed by atoms with E-state index >= 15 is 0 Å². The Morgan fingerprint density at radius 3 is 3.07 bits per heavy atom. The average molecular weight is 506 g/mol. The minimum Gasteiger partial charge on any atom is -0.493 e. The minimum atomic E-state index is 0.477. The van der Waals surface area contributed by atoms with Crippen LogP contribution < -0.4 is 15.8 Å². The van der Waals surface area contributed by atoms with Crippen molar-refractivity contribution in [3.05, 3.63) is 33.5 Å². The topological polar surface area (TPSA) is 78.0 Å². The van der Waals surface area contributed by atoms with Crippen LogP contribution in [0.5, 0.6) is 5.75 Å². The van der Waals surface area contributed by atoms with Gasteiger partial charge in [0.2, 0.25) is 0 Å². The molecule has 4 rings (SSSR count). The minimum absolute atomic E-state index is 0.477. The van der Waals surface area contributed by atoms with Crippen molar-refractivity contribution in [3.8, 4) is 5.75 Å². The lowest BCUT2D eigenvalue weighted by Crippen LogP contribution is -2.24. The monoisotopic (exact) mass is 506 g/mol. The number of anilines is 1. The number of pyridine rings is 1. The number of nitrogen functional groups attached to an aromatic ring is 1. The van der Waals surface area contributed by atoms with E-state index in [2.05, 4.69) is 63.4 Å². The predicted octanol–water partition coefficient (Wildman–Crippen LogP) is 4.09. The molecule has 1 aliphatic rings. The van der Waals surface area contributed by atoms with Crippen LogP contribution in [0.15, 0.2) is 34.4 Å². The van der Waals surface area contributed by atoms with Crippen LogP contribution in [0.1, 0.15) is 25.8 Å². The Hall–Kier alpha value is -1.52. The SMILES string of the molecule is CC(C)NCCCn1c(Sc2cc3c(cc2[124I])CCO3)nc2c(N)nccc21. The molecule has 28 heavy (non-hydrogen) atoms. The van der Waals surface area contributed by atoms with Gasteiger partial charge >= 0.3 is 0 Å². The molecule has 3 N–H and O–H groups in total. The van der Waals surface area contributed by atoms with Crippen LogP contribution in [0.3, 0.4) is 0 Å². The number of fused-ring (bicyclic) bond motifs is 2. The van der Waals surface area contributed by atoms with Crippen LogP contribution in [0, 0.1) is 3.57 Å². The summed E-state index contributed by atoms with van der Waals surface area (Å²) in [6.45, 7) is 6.94. The first-order valence-electron chi connectivity index (χ1n) is 9.50. The van der Waals surface area contributed by atoms with Crippen molar-refractivity contribution < 1.29 is 4.74 Å². The van der Waals surface area contributed by atoms with E-state index < -0.39 is 0 Å². The molecular formula is C20H24IN5OS. The Bertz CT molecular complexity index is 1000. The number of halogens is 1. The third-order valence-electron chi connectivity index (χ3n) is 4.72. The van der Waals surface area contributed by atoms with Gasteiger partial charge in [-0.2, -0.15) is 0 Å². The van der Waals surface area contributed by atoms with Crippen LogP contribution in [0.25, 0.3) is 11.0 Å². The van der Waals surface area contributed by atoms with Gasteiger partial charge in [0.1, 0.15) is 11.3 Å². The molecule has 0 saturated carbocycles. The summed E-state index contributed by atoms with van der Waals surface area (Å²) in [6.07, 6.45) is 3.76. The van der Waals surface area contributed by atoms with Crippen LogP contribution in [-0.2, 0) is 13.0 Å². The van der Waals surface area contributed by atoms with Crippen LogP contribution in [-0.4, -0.2) is 33.7 Å². The lowest BCUT2D eigenvalue weighted by atomic mass is 10.2. The second kappa shape index (κ2) is 8.46. The van der Waals surface area contributed by atoms with Gasteiger partial charge in [0.05, 0.1) is 12.1 Å². The molecule has 2 aromatic heterocycles. The zero-order valence-corrected chi connectivity index (χ0v) is 19.0. The number of hydrogen-bond donors (Lipinski definition) is 2.